The van der Waals surface area contributed by atoms with E-state index in [1.807, 2.05) is 5.38 Å². The van der Waals surface area contributed by atoms with E-state index in [-0.39, 0.29) is 11.4 Å². The number of hydrogen-bond donors (Lipinski definition) is 2. The predicted molar refractivity (Wildman–Crippen MR) is 66.7 cm³/mol. The van der Waals surface area contributed by atoms with Crippen LogP contribution in [0.3, 0.4) is 0 Å². The summed E-state index contributed by atoms with van der Waals surface area (Å²) in [4.78, 5) is 12.0. The molecule has 1 unspecified atom stereocenters. The largest absolute Gasteiger partial charge is 0.464 e. The molecule has 0 spiro atoms. The first kappa shape index (κ1) is 13.6. The molecule has 1 aromatic heterocycles. The predicted octanol–water partition coefficient (Wildman–Crippen LogP) is 0.798. The lowest BCUT2D eigenvalue weighted by Crippen LogP contribution is -2.16. The van der Waals surface area contributed by atoms with Gasteiger partial charge in [-0.2, -0.15) is 4.40 Å². The van der Waals surface area contributed by atoms with Crippen molar-refractivity contribution in [3.63, 3.8) is 0 Å². The van der Waals surface area contributed by atoms with E-state index in [0.29, 0.717) is 0 Å². The number of nitrogens with two attached hydrogens (primary N) is 1. The van der Waals surface area contributed by atoms with Crippen LogP contribution in [0.15, 0.2) is 28.0 Å². The Kier molecular flexibility index (Phi) is 5.01. The molecule has 0 aliphatic carbocycles. The number of methoxy groups -OCH3 is 1. The zero-order chi connectivity index (χ0) is 12.8. The fourth-order valence-corrected chi connectivity index (χ4v) is 1.92. The van der Waals surface area contributed by atoms with E-state index in [1.165, 1.54) is 17.4 Å². The van der Waals surface area contributed by atoms with Crippen molar-refractivity contribution in [1.29, 1.82) is 0 Å². The van der Waals surface area contributed by atoms with Crippen LogP contribution in [0.2, 0.25) is 0 Å². The average Bonchev–Trinajstić information content (AvgIpc) is 2.79. The summed E-state index contributed by atoms with van der Waals surface area (Å²) in [6.45, 7) is 0. The van der Waals surface area contributed by atoms with Crippen molar-refractivity contribution in [2.45, 2.75) is 0 Å². The lowest BCUT2D eigenvalue weighted by atomic mass is 10.2. The van der Waals surface area contributed by atoms with Crippen molar-refractivity contribution >= 4 is 40.0 Å². The molecule has 0 saturated heterocycles. The van der Waals surface area contributed by atoms with Crippen molar-refractivity contribution < 1.29 is 18.3 Å². The first-order chi connectivity index (χ1) is 8.04. The second-order valence-corrected chi connectivity index (χ2v) is 4.37. The maximum absolute atomic E-state index is 11.3. The van der Waals surface area contributed by atoms with Crippen molar-refractivity contribution in [2.75, 3.05) is 7.11 Å². The molecule has 0 aromatic carbocycles. The highest BCUT2D eigenvalue weighted by Crippen LogP contribution is 2.15. The van der Waals surface area contributed by atoms with E-state index in [4.69, 9.17) is 10.3 Å². The molecule has 3 N–H and O–H groups in total. The number of rotatable bonds is 4. The summed E-state index contributed by atoms with van der Waals surface area (Å²) in [7, 11) is 1.15. The van der Waals surface area contributed by atoms with Crippen LogP contribution in [0.25, 0.3) is 5.70 Å². The van der Waals surface area contributed by atoms with E-state index in [0.717, 1.165) is 12.0 Å². The summed E-state index contributed by atoms with van der Waals surface area (Å²) in [5, 5.41) is 1.81. The second-order valence-electron chi connectivity index (χ2n) is 2.78. The van der Waals surface area contributed by atoms with Gasteiger partial charge in [0.25, 0.3) is 11.3 Å². The van der Waals surface area contributed by atoms with Gasteiger partial charge in [0.2, 0.25) is 0 Å². The highest BCUT2D eigenvalue weighted by Gasteiger charge is 2.12. The Bertz CT molecular complexity index is 479. The van der Waals surface area contributed by atoms with Crippen molar-refractivity contribution in [3.05, 3.63) is 28.5 Å². The van der Waals surface area contributed by atoms with E-state index < -0.39 is 17.2 Å². The smallest absolute Gasteiger partial charge is 0.357 e. The van der Waals surface area contributed by atoms with Gasteiger partial charge in [-0.25, -0.2) is 9.00 Å². The van der Waals surface area contributed by atoms with Gasteiger partial charge in [0.15, 0.2) is 5.71 Å². The van der Waals surface area contributed by atoms with Crippen molar-refractivity contribution in [2.24, 2.45) is 10.1 Å². The molecule has 1 rings (SSSR count). The summed E-state index contributed by atoms with van der Waals surface area (Å²) in [5.41, 5.74) is 5.68. The van der Waals surface area contributed by atoms with Crippen LogP contribution < -0.4 is 5.73 Å². The first-order valence-corrected chi connectivity index (χ1v) is 6.28. The first-order valence-electron chi connectivity index (χ1n) is 4.33. The standard InChI is InChI=1S/C9H10N2O4S2/c1-15-9(12)7(11-17(13)14)5-6(10)8-3-2-4-16-8/h2-5H,10H2,1H3,(H,13,14). The minimum Gasteiger partial charge on any atom is -0.464 e. The maximum Gasteiger partial charge on any atom is 0.357 e. The summed E-state index contributed by atoms with van der Waals surface area (Å²) in [5.74, 6) is -0.827. The minimum absolute atomic E-state index is 0.273. The Balaban J connectivity index is 3.05. The van der Waals surface area contributed by atoms with Gasteiger partial charge >= 0.3 is 5.97 Å². The number of thiophene rings is 1. The summed E-state index contributed by atoms with van der Waals surface area (Å²) < 4.78 is 26.8. The van der Waals surface area contributed by atoms with Crippen LogP contribution in [0.4, 0.5) is 0 Å². The fraction of sp³-hybridized carbons (Fsp3) is 0.111. The Hall–Kier alpha value is -1.51. The van der Waals surface area contributed by atoms with Crippen LogP contribution >= 0.6 is 11.3 Å². The minimum atomic E-state index is -2.49. The normalized spacial score (nSPS) is 14.5. The number of carbonyl (C=O) groups is 1. The van der Waals surface area contributed by atoms with Gasteiger partial charge in [-0.3, -0.25) is 4.55 Å². The molecule has 0 aliphatic rings. The summed E-state index contributed by atoms with van der Waals surface area (Å²) >= 11 is -1.12. The molecule has 1 atom stereocenters. The van der Waals surface area contributed by atoms with E-state index >= 15 is 0 Å². The van der Waals surface area contributed by atoms with Crippen molar-refractivity contribution in [1.82, 2.24) is 0 Å². The van der Waals surface area contributed by atoms with Gasteiger partial charge in [0.1, 0.15) is 0 Å². The van der Waals surface area contributed by atoms with Gasteiger partial charge in [0, 0.05) is 0 Å². The van der Waals surface area contributed by atoms with Crippen LogP contribution in [0, 0.1) is 0 Å². The average molecular weight is 274 g/mol. The van der Waals surface area contributed by atoms with Crippen LogP contribution in [-0.4, -0.2) is 27.6 Å². The number of hydrogen-bond acceptors (Lipinski definition) is 5. The number of ether oxygens (including phenoxy) is 1. The molecule has 0 saturated carbocycles. The number of esters is 1. The molecule has 0 bridgehead atoms. The molecule has 0 aliphatic heterocycles. The fourth-order valence-electron chi connectivity index (χ4n) is 0.972. The second kappa shape index (κ2) is 6.28. The third kappa shape index (κ3) is 4.10. The molecule has 17 heavy (non-hydrogen) atoms. The van der Waals surface area contributed by atoms with E-state index in [1.54, 1.807) is 12.1 Å². The maximum atomic E-state index is 11.3. The summed E-state index contributed by atoms with van der Waals surface area (Å²) in [6, 6.07) is 3.54. The zero-order valence-corrected chi connectivity index (χ0v) is 10.5. The molecule has 92 valence electrons. The monoisotopic (exact) mass is 274 g/mol. The third-order valence-corrected chi connectivity index (χ3v) is 2.94. The van der Waals surface area contributed by atoms with Crippen molar-refractivity contribution in [3.8, 4) is 0 Å². The Morgan fingerprint density at radius 2 is 2.41 bits per heavy atom. The van der Waals surface area contributed by atoms with E-state index in [2.05, 4.69) is 9.13 Å². The van der Waals surface area contributed by atoms with Gasteiger partial charge in [-0.05, 0) is 17.5 Å². The van der Waals surface area contributed by atoms with Crippen LogP contribution in [0.1, 0.15) is 4.88 Å². The highest BCUT2D eigenvalue weighted by atomic mass is 32.2. The zero-order valence-electron chi connectivity index (χ0n) is 8.82. The summed E-state index contributed by atoms with van der Waals surface area (Å²) in [6.07, 6.45) is 1.20. The van der Waals surface area contributed by atoms with Gasteiger partial charge < -0.3 is 10.5 Å². The number of carbonyl (C=O) groups excluding carboxylic acids is 1. The van der Waals surface area contributed by atoms with Crippen LogP contribution in [-0.2, 0) is 20.8 Å². The molecular formula is C9H10N2O4S2. The molecule has 0 radical (unpaired) electrons. The molecule has 8 heteroatoms. The number of nitrogens with zero attached hydrogens (tertiary/aromatic N) is 1. The molecule has 0 amide bonds. The molecule has 0 fully saturated rings. The van der Waals surface area contributed by atoms with Gasteiger partial charge in [0.05, 0.1) is 17.7 Å². The quantitative estimate of drug-likeness (QED) is 0.480. The lowest BCUT2D eigenvalue weighted by Gasteiger charge is -2.00. The Morgan fingerprint density at radius 3 is 2.88 bits per heavy atom. The molecule has 6 nitrogen and oxygen atoms in total. The highest BCUT2D eigenvalue weighted by molar-refractivity contribution is 7.78. The third-order valence-electron chi connectivity index (χ3n) is 1.67. The lowest BCUT2D eigenvalue weighted by molar-refractivity contribution is -0.132. The van der Waals surface area contributed by atoms with Crippen LogP contribution in [0.5, 0.6) is 0 Å². The van der Waals surface area contributed by atoms with Gasteiger partial charge in [-0.15, -0.1) is 11.3 Å². The topological polar surface area (TPSA) is 102 Å². The molecular weight excluding hydrogens is 264 g/mol. The molecule has 1 heterocycles. The Morgan fingerprint density at radius 1 is 1.71 bits per heavy atom. The Labute approximate surface area is 104 Å². The van der Waals surface area contributed by atoms with E-state index in [9.17, 15) is 9.00 Å². The van der Waals surface area contributed by atoms with Gasteiger partial charge in [-0.1, -0.05) is 6.07 Å². The molecule has 1 aromatic rings. The SMILES string of the molecule is COC(=O)C(C=C(N)c1cccs1)=NS(=O)O.